The first-order valence-electron chi connectivity index (χ1n) is 16.4. The highest BCUT2D eigenvalue weighted by Crippen LogP contribution is 2.38. The van der Waals surface area contributed by atoms with Crippen molar-refractivity contribution < 1.29 is 31.1 Å². The Morgan fingerprint density at radius 3 is 1.92 bits per heavy atom. The van der Waals surface area contributed by atoms with Crippen LogP contribution in [-0.2, 0) is 14.8 Å². The summed E-state index contributed by atoms with van der Waals surface area (Å²) in [7, 11) is -5.40. The van der Waals surface area contributed by atoms with Gasteiger partial charge in [0.05, 0.1) is 17.7 Å². The molecular formula is C37H42Cl2F3N3O4S. The molecule has 0 spiro atoms. The topological polar surface area (TPSA) is 80.8 Å². The van der Waals surface area contributed by atoms with Gasteiger partial charge in [0.2, 0.25) is 5.88 Å². The monoisotopic (exact) mass is 751 g/mol. The second-order valence-electron chi connectivity index (χ2n) is 14.2. The van der Waals surface area contributed by atoms with E-state index in [1.165, 1.54) is 0 Å². The maximum absolute atomic E-state index is 13.3. The summed E-state index contributed by atoms with van der Waals surface area (Å²) < 4.78 is 76.7. The van der Waals surface area contributed by atoms with Crippen molar-refractivity contribution in [3.8, 4) is 5.88 Å². The van der Waals surface area contributed by atoms with Crippen LogP contribution in [0.3, 0.4) is 0 Å². The minimum absolute atomic E-state index is 0.183. The molecule has 4 aromatic rings. The largest absolute Gasteiger partial charge is 0.511 e. The van der Waals surface area contributed by atoms with Crippen LogP contribution in [0.2, 0.25) is 10.0 Å². The summed E-state index contributed by atoms with van der Waals surface area (Å²) in [6, 6.07) is 22.8. The summed E-state index contributed by atoms with van der Waals surface area (Å²) in [6.45, 7) is 9.86. The van der Waals surface area contributed by atoms with Gasteiger partial charge in [-0.2, -0.15) is 17.5 Å². The third-order valence-corrected chi connectivity index (χ3v) is 10.7. The smallest absolute Gasteiger partial charge is 0.471 e. The van der Waals surface area contributed by atoms with E-state index in [1.54, 1.807) is 6.07 Å². The lowest BCUT2D eigenvalue weighted by molar-refractivity contribution is -0.0494. The number of pyridine rings is 1. The minimum Gasteiger partial charge on any atom is -0.471 e. The molecule has 1 N–H and O–H groups in total. The number of anilines is 1. The number of sulfonamides is 1. The lowest BCUT2D eigenvalue weighted by atomic mass is 9.84. The van der Waals surface area contributed by atoms with Crippen molar-refractivity contribution in [3.05, 3.63) is 99.5 Å². The molecule has 13 heteroatoms. The number of nitrogens with zero attached hydrogens (tertiary/aromatic N) is 2. The van der Waals surface area contributed by atoms with E-state index >= 15 is 0 Å². The van der Waals surface area contributed by atoms with E-state index in [1.807, 2.05) is 101 Å². The number of hydrogen-bond donors (Lipinski definition) is 1. The van der Waals surface area contributed by atoms with E-state index in [-0.39, 0.29) is 43.5 Å². The first-order valence-corrected chi connectivity index (χ1v) is 18.6. The van der Waals surface area contributed by atoms with Gasteiger partial charge in [-0.1, -0.05) is 53.5 Å². The molecule has 1 aromatic heterocycles. The van der Waals surface area contributed by atoms with Crippen molar-refractivity contribution >= 4 is 49.8 Å². The summed E-state index contributed by atoms with van der Waals surface area (Å²) in [5, 5.41) is 5.52. The van der Waals surface area contributed by atoms with Crippen LogP contribution in [0.1, 0.15) is 76.5 Å². The molecule has 0 unspecified atom stereocenters. The maximum atomic E-state index is 13.3. The predicted octanol–water partition coefficient (Wildman–Crippen LogP) is 9.81. The van der Waals surface area contributed by atoms with E-state index in [0.717, 1.165) is 22.1 Å². The molecule has 0 amide bonds. The molecule has 50 heavy (non-hydrogen) atoms. The Balaban J connectivity index is 1.52. The molecule has 1 saturated heterocycles. The summed E-state index contributed by atoms with van der Waals surface area (Å²) in [5.41, 5.74) is -1.95. The van der Waals surface area contributed by atoms with E-state index < -0.39 is 21.1 Å². The fourth-order valence-electron chi connectivity index (χ4n) is 6.00. The zero-order chi connectivity index (χ0) is 36.5. The van der Waals surface area contributed by atoms with Crippen LogP contribution >= 0.6 is 23.2 Å². The number of alkyl halides is 3. The summed E-state index contributed by atoms with van der Waals surface area (Å²) in [6.07, 6.45) is 0.966. The molecule has 1 aliphatic heterocycles. The Kier molecular flexibility index (Phi) is 11.3. The number of fused-ring (bicyclic) bond motifs is 1. The number of rotatable bonds is 11. The quantitative estimate of drug-likeness (QED) is 0.154. The summed E-state index contributed by atoms with van der Waals surface area (Å²) in [5.74, 6) is 0.188. The maximum Gasteiger partial charge on any atom is 0.511 e. The van der Waals surface area contributed by atoms with Gasteiger partial charge in [-0.25, -0.2) is 13.4 Å². The summed E-state index contributed by atoms with van der Waals surface area (Å²) >= 11 is 12.5. The van der Waals surface area contributed by atoms with Gasteiger partial charge in [-0.05, 0) is 101 Å². The predicted molar refractivity (Wildman–Crippen MR) is 194 cm³/mol. The van der Waals surface area contributed by atoms with Gasteiger partial charge in [0.25, 0.3) is 0 Å². The Morgan fingerprint density at radius 2 is 1.40 bits per heavy atom. The molecule has 3 aromatic carbocycles. The average molecular weight is 753 g/mol. The Morgan fingerprint density at radius 1 is 0.860 bits per heavy atom. The van der Waals surface area contributed by atoms with Crippen molar-refractivity contribution in [2.24, 2.45) is 0 Å². The molecule has 270 valence electrons. The van der Waals surface area contributed by atoms with Crippen molar-refractivity contribution in [3.63, 3.8) is 0 Å². The van der Waals surface area contributed by atoms with Crippen LogP contribution < -0.4 is 10.1 Å². The molecule has 5 rings (SSSR count). The Bertz CT molecular complexity index is 1850. The molecule has 1 aliphatic rings. The molecule has 0 aliphatic carbocycles. The molecular weight excluding hydrogens is 710 g/mol. The minimum atomic E-state index is -5.40. The van der Waals surface area contributed by atoms with Crippen LogP contribution in [0.25, 0.3) is 10.9 Å². The highest BCUT2D eigenvalue weighted by Gasteiger charge is 2.50. The van der Waals surface area contributed by atoms with Crippen molar-refractivity contribution in [1.82, 2.24) is 9.29 Å². The zero-order valence-electron chi connectivity index (χ0n) is 28.7. The molecule has 7 nitrogen and oxygen atoms in total. The number of halogens is 5. The zero-order valence-corrected chi connectivity index (χ0v) is 31.0. The molecule has 2 heterocycles. The van der Waals surface area contributed by atoms with Crippen LogP contribution in [0, 0.1) is 0 Å². The van der Waals surface area contributed by atoms with Crippen molar-refractivity contribution in [1.29, 1.82) is 0 Å². The fourth-order valence-corrected chi connectivity index (χ4v) is 7.24. The number of piperidine rings is 1. The molecule has 0 saturated carbocycles. The summed E-state index contributed by atoms with van der Waals surface area (Å²) in [4.78, 5) is 4.86. The Hall–Kier alpha value is -3.09. The van der Waals surface area contributed by atoms with Gasteiger partial charge in [0, 0.05) is 58.7 Å². The average Bonchev–Trinajstić information content (AvgIpc) is 3.02. The first kappa shape index (κ1) is 38.1. The van der Waals surface area contributed by atoms with Crippen LogP contribution in [0.5, 0.6) is 5.88 Å². The normalized spacial score (nSPS) is 15.5. The van der Waals surface area contributed by atoms with Gasteiger partial charge in [0.1, 0.15) is 5.60 Å². The van der Waals surface area contributed by atoms with Gasteiger partial charge in [0.15, 0.2) is 0 Å². The molecule has 0 atom stereocenters. The second-order valence-corrected chi connectivity index (χ2v) is 17.0. The molecule has 1 fully saturated rings. The number of benzene rings is 3. The third kappa shape index (κ3) is 9.41. The van der Waals surface area contributed by atoms with E-state index in [9.17, 15) is 21.6 Å². The van der Waals surface area contributed by atoms with Gasteiger partial charge < -0.3 is 14.8 Å². The van der Waals surface area contributed by atoms with Crippen LogP contribution in [-0.4, -0.2) is 60.2 Å². The van der Waals surface area contributed by atoms with E-state index in [2.05, 4.69) is 5.32 Å². The lowest BCUT2D eigenvalue weighted by Crippen LogP contribution is -2.47. The second kappa shape index (κ2) is 14.9. The SMILES string of the molecule is CC(C)(C)OCCC(C)(C)Oc1cc(NC2CCN(S(=O)(=O)C(F)(F)F)CC2)c2cc(C(c3ccc(Cl)cc3)c3ccc(Cl)cc3)ccc2n1. The number of ether oxygens (including phenoxy) is 2. The lowest BCUT2D eigenvalue weighted by Gasteiger charge is -2.33. The van der Waals surface area contributed by atoms with E-state index in [0.29, 0.717) is 44.5 Å². The standard InChI is InChI=1S/C37H42Cl2F3N3O4S/c1-35(2,3)48-21-18-36(4,5)49-33-23-32(43-29-16-19-45(20-17-29)50(46,47)37(40,41)42)30-22-26(10-15-31(30)44-33)34(24-6-11-27(38)12-7-24)25-8-13-28(39)14-9-25/h6-15,22-23,29,34H,16-21H2,1-5H3,(H,43,44). The highest BCUT2D eigenvalue weighted by atomic mass is 35.5. The van der Waals surface area contributed by atoms with Crippen molar-refractivity contribution in [2.75, 3.05) is 25.0 Å². The van der Waals surface area contributed by atoms with Crippen LogP contribution in [0.15, 0.2) is 72.8 Å². The number of hydrogen-bond acceptors (Lipinski definition) is 6. The number of aromatic nitrogens is 1. The first-order chi connectivity index (χ1) is 23.3. The fraction of sp³-hybridized carbons (Fsp3) is 0.432. The number of nitrogens with one attached hydrogen (secondary N) is 1. The molecule has 0 radical (unpaired) electrons. The van der Waals surface area contributed by atoms with Crippen LogP contribution in [0.4, 0.5) is 18.9 Å². The van der Waals surface area contributed by atoms with Gasteiger partial charge >= 0.3 is 15.5 Å². The van der Waals surface area contributed by atoms with E-state index in [4.69, 9.17) is 37.7 Å². The third-order valence-electron chi connectivity index (χ3n) is 8.62. The molecule has 0 bridgehead atoms. The Labute approximate surface area is 302 Å². The highest BCUT2D eigenvalue weighted by molar-refractivity contribution is 7.90. The van der Waals surface area contributed by atoms with Gasteiger partial charge in [-0.3, -0.25) is 0 Å². The van der Waals surface area contributed by atoms with Gasteiger partial charge in [-0.15, -0.1) is 0 Å². The van der Waals surface area contributed by atoms with Crippen molar-refractivity contribution in [2.45, 2.75) is 82.6 Å².